The van der Waals surface area contributed by atoms with Gasteiger partial charge in [-0.1, -0.05) is 84.7 Å². The molecule has 6 heteroatoms. The lowest BCUT2D eigenvalue weighted by Crippen LogP contribution is -2.46. The van der Waals surface area contributed by atoms with Crippen LogP contribution >= 0.6 is 35.4 Å². The van der Waals surface area contributed by atoms with Gasteiger partial charge in [0.05, 0.1) is 43.3 Å². The second-order valence-electron chi connectivity index (χ2n) is 9.93. The number of methoxy groups -OCH3 is 1. The van der Waals surface area contributed by atoms with E-state index in [1.165, 1.54) is 16.2 Å². The van der Waals surface area contributed by atoms with Crippen molar-refractivity contribution < 1.29 is 4.74 Å². The van der Waals surface area contributed by atoms with E-state index in [2.05, 4.69) is 125 Å². The van der Waals surface area contributed by atoms with Gasteiger partial charge in [0, 0.05) is 10.2 Å². The van der Waals surface area contributed by atoms with Crippen LogP contribution in [0.2, 0.25) is 0 Å². The van der Waals surface area contributed by atoms with Crippen LogP contribution in [0.25, 0.3) is 0 Å². The Balaban J connectivity index is 1.72. The number of halogens is 1. The summed E-state index contributed by atoms with van der Waals surface area (Å²) in [7, 11) is -0.217. The molecular formula is C33H37BrN2OPS+. The molecule has 0 aliphatic heterocycles. The van der Waals surface area contributed by atoms with E-state index in [0.717, 1.165) is 34.7 Å². The number of benzene rings is 4. The summed E-state index contributed by atoms with van der Waals surface area (Å²) in [5.41, 5.74) is 2.29. The molecule has 2 atom stereocenters. The molecular weight excluding hydrogens is 583 g/mol. The Hall–Kier alpha value is -2.72. The number of hydrogen-bond donors (Lipinski definition) is 2. The van der Waals surface area contributed by atoms with Crippen molar-refractivity contribution in [2.24, 2.45) is 5.92 Å². The second kappa shape index (κ2) is 14.1. The molecule has 0 heterocycles. The van der Waals surface area contributed by atoms with Gasteiger partial charge in [0.2, 0.25) is 0 Å². The lowest BCUT2D eigenvalue weighted by atomic mass is 10.0. The normalized spacial score (nSPS) is 12.8. The third-order valence-electron chi connectivity index (χ3n) is 7.37. The Morgan fingerprint density at radius 2 is 1.41 bits per heavy atom. The topological polar surface area (TPSA) is 33.3 Å². The molecule has 4 aromatic rings. The predicted molar refractivity (Wildman–Crippen MR) is 177 cm³/mol. The largest absolute Gasteiger partial charge is 0.497 e. The summed E-state index contributed by atoms with van der Waals surface area (Å²) in [5.74, 6) is 1.25. The molecule has 0 aliphatic rings. The van der Waals surface area contributed by atoms with Gasteiger partial charge in [-0.15, -0.1) is 0 Å². The molecule has 3 nitrogen and oxygen atoms in total. The monoisotopic (exact) mass is 619 g/mol. The SMILES string of the molecule is CC[C@H](C)[C@@H](C[P+](Cc1ccc(Br)cc1)(c1ccccc1)c1ccccc1)NC(=S)Nc1ccc(OC)cc1. The molecule has 0 saturated heterocycles. The molecule has 0 radical (unpaired) electrons. The van der Waals surface area contributed by atoms with Crippen molar-refractivity contribution in [1.29, 1.82) is 0 Å². The summed E-state index contributed by atoms with van der Waals surface area (Å²) in [6.45, 7) is 4.59. The summed E-state index contributed by atoms with van der Waals surface area (Å²) in [4.78, 5) is 0. The smallest absolute Gasteiger partial charge is 0.171 e. The number of ether oxygens (including phenoxy) is 1. The number of nitrogens with one attached hydrogen (secondary N) is 2. The first-order valence-electron chi connectivity index (χ1n) is 13.4. The number of rotatable bonds is 11. The molecule has 0 aliphatic carbocycles. The predicted octanol–water partition coefficient (Wildman–Crippen LogP) is 8.03. The van der Waals surface area contributed by atoms with Crippen LogP contribution in [0.1, 0.15) is 25.8 Å². The van der Waals surface area contributed by atoms with E-state index in [-0.39, 0.29) is 6.04 Å². The zero-order chi connectivity index (χ0) is 27.7. The molecule has 0 bridgehead atoms. The molecule has 0 unspecified atom stereocenters. The second-order valence-corrected chi connectivity index (χ2v) is 14.9. The van der Waals surface area contributed by atoms with Crippen LogP contribution in [-0.2, 0) is 6.16 Å². The van der Waals surface area contributed by atoms with Gasteiger partial charge in [-0.25, -0.2) is 0 Å². The molecule has 0 spiro atoms. The average Bonchev–Trinajstić information content (AvgIpc) is 2.98. The third kappa shape index (κ3) is 7.69. The number of hydrogen-bond acceptors (Lipinski definition) is 2. The van der Waals surface area contributed by atoms with Crippen LogP contribution in [0.4, 0.5) is 5.69 Å². The molecule has 0 amide bonds. The van der Waals surface area contributed by atoms with E-state index in [9.17, 15) is 0 Å². The highest BCUT2D eigenvalue weighted by atomic mass is 79.9. The van der Waals surface area contributed by atoms with Crippen LogP contribution in [0.15, 0.2) is 114 Å². The molecule has 202 valence electrons. The quantitative estimate of drug-likeness (QED) is 0.131. The van der Waals surface area contributed by atoms with Crippen LogP contribution < -0.4 is 26.0 Å². The fourth-order valence-electron chi connectivity index (χ4n) is 4.93. The summed E-state index contributed by atoms with van der Waals surface area (Å²) < 4.78 is 6.40. The maximum Gasteiger partial charge on any atom is 0.171 e. The fourth-order valence-corrected chi connectivity index (χ4v) is 10.1. The van der Waals surface area contributed by atoms with Gasteiger partial charge >= 0.3 is 0 Å². The zero-order valence-corrected chi connectivity index (χ0v) is 26.1. The lowest BCUT2D eigenvalue weighted by molar-refractivity contribution is 0.415. The molecule has 2 N–H and O–H groups in total. The van der Waals surface area contributed by atoms with Gasteiger partial charge in [0.1, 0.15) is 5.75 Å². The van der Waals surface area contributed by atoms with Crippen LogP contribution in [0.5, 0.6) is 5.75 Å². The zero-order valence-electron chi connectivity index (χ0n) is 22.8. The fraction of sp³-hybridized carbons (Fsp3) is 0.242. The molecule has 0 aromatic heterocycles. The van der Waals surface area contributed by atoms with Gasteiger partial charge < -0.3 is 15.4 Å². The van der Waals surface area contributed by atoms with E-state index in [0.29, 0.717) is 11.0 Å². The summed E-state index contributed by atoms with van der Waals surface area (Å²) in [5, 5.41) is 10.6. The van der Waals surface area contributed by atoms with Crippen molar-refractivity contribution in [3.63, 3.8) is 0 Å². The molecule has 39 heavy (non-hydrogen) atoms. The van der Waals surface area contributed by atoms with Crippen LogP contribution in [0, 0.1) is 5.92 Å². The Morgan fingerprint density at radius 3 is 1.92 bits per heavy atom. The highest BCUT2D eigenvalue weighted by Crippen LogP contribution is 2.60. The van der Waals surface area contributed by atoms with Crippen molar-refractivity contribution in [3.8, 4) is 5.75 Å². The van der Waals surface area contributed by atoms with Gasteiger partial charge in [0.25, 0.3) is 0 Å². The Bertz CT molecular complexity index is 1280. The summed E-state index contributed by atoms with van der Waals surface area (Å²) in [6, 6.07) is 39.1. The van der Waals surface area contributed by atoms with Crippen molar-refractivity contribution in [3.05, 3.63) is 119 Å². The first kappa shape index (κ1) is 29.3. The Labute approximate surface area is 247 Å². The minimum atomic E-state index is -1.89. The van der Waals surface area contributed by atoms with Crippen LogP contribution in [0.3, 0.4) is 0 Å². The van der Waals surface area contributed by atoms with Gasteiger partial charge in [-0.3, -0.25) is 0 Å². The minimum absolute atomic E-state index is 0.192. The van der Waals surface area contributed by atoms with E-state index < -0.39 is 7.26 Å². The highest BCUT2D eigenvalue weighted by molar-refractivity contribution is 9.10. The van der Waals surface area contributed by atoms with Gasteiger partial charge in [0.15, 0.2) is 5.11 Å². The standard InChI is InChI=1S/C33H36BrN2OPS/c1-4-25(2)32(36-33(39)35-28-19-21-29(37-3)22-20-28)24-38(30-11-7-5-8-12-30,31-13-9-6-10-14-31)23-26-15-17-27(34)18-16-26/h5-22,25,32H,4,23-24H2,1-3H3,(H-,35,36,39)/p+1/t25-,32+/m0/s1. The lowest BCUT2D eigenvalue weighted by Gasteiger charge is -2.34. The minimum Gasteiger partial charge on any atom is -0.497 e. The molecule has 0 saturated carbocycles. The first-order valence-corrected chi connectivity index (χ1v) is 16.7. The third-order valence-corrected chi connectivity index (χ3v) is 12.6. The molecule has 4 aromatic carbocycles. The van der Waals surface area contributed by atoms with Crippen molar-refractivity contribution in [2.75, 3.05) is 18.6 Å². The highest BCUT2D eigenvalue weighted by Gasteiger charge is 2.46. The van der Waals surface area contributed by atoms with Crippen molar-refractivity contribution in [2.45, 2.75) is 32.5 Å². The van der Waals surface area contributed by atoms with E-state index >= 15 is 0 Å². The van der Waals surface area contributed by atoms with Gasteiger partial charge in [-0.05, 0) is 84.4 Å². The maximum atomic E-state index is 5.86. The molecule has 4 rings (SSSR count). The van der Waals surface area contributed by atoms with Crippen LogP contribution in [-0.4, -0.2) is 24.4 Å². The van der Waals surface area contributed by atoms with Crippen molar-refractivity contribution in [1.82, 2.24) is 5.32 Å². The van der Waals surface area contributed by atoms with E-state index in [1.54, 1.807) is 7.11 Å². The first-order chi connectivity index (χ1) is 18.9. The summed E-state index contributed by atoms with van der Waals surface area (Å²) in [6.07, 6.45) is 3.04. The molecule has 0 fully saturated rings. The maximum absolute atomic E-state index is 5.86. The Morgan fingerprint density at radius 1 is 0.846 bits per heavy atom. The average molecular weight is 621 g/mol. The van der Waals surface area contributed by atoms with Gasteiger partial charge in [-0.2, -0.15) is 0 Å². The Kier molecular flexibility index (Phi) is 10.6. The summed E-state index contributed by atoms with van der Waals surface area (Å²) >= 11 is 9.48. The van der Waals surface area contributed by atoms with E-state index in [4.69, 9.17) is 17.0 Å². The number of anilines is 1. The van der Waals surface area contributed by atoms with Crippen molar-refractivity contribution >= 4 is 56.8 Å². The van der Waals surface area contributed by atoms with E-state index in [1.807, 2.05) is 24.3 Å². The number of thiocarbonyl (C=S) groups is 1.